The van der Waals surface area contributed by atoms with Gasteiger partial charge in [0.25, 0.3) is 0 Å². The summed E-state index contributed by atoms with van der Waals surface area (Å²) in [5.41, 5.74) is 4.23. The Labute approximate surface area is 154 Å². The average Bonchev–Trinajstić information content (AvgIpc) is 3.11. The van der Waals surface area contributed by atoms with Crippen molar-refractivity contribution in [2.24, 2.45) is 0 Å². The number of amides is 2. The van der Waals surface area contributed by atoms with Gasteiger partial charge in [0.05, 0.1) is 6.26 Å². The number of hydrogen-bond donors (Lipinski definition) is 2. The third kappa shape index (κ3) is 5.10. The van der Waals surface area contributed by atoms with E-state index in [1.807, 2.05) is 24.3 Å². The molecule has 5 heteroatoms. The highest BCUT2D eigenvalue weighted by Crippen LogP contribution is 2.16. The fraction of sp³-hybridized carbons (Fsp3) is 0.286. The number of nitrogens with one attached hydrogen (secondary N) is 2. The molecule has 0 unspecified atom stereocenters. The summed E-state index contributed by atoms with van der Waals surface area (Å²) in [6.45, 7) is 2.01. The molecule has 136 valence electrons. The first-order valence-corrected chi connectivity index (χ1v) is 8.80. The first-order valence-electron chi connectivity index (χ1n) is 8.80. The van der Waals surface area contributed by atoms with Crippen LogP contribution < -0.4 is 10.6 Å². The van der Waals surface area contributed by atoms with Crippen LogP contribution in [0.1, 0.15) is 16.7 Å². The van der Waals surface area contributed by atoms with E-state index in [1.54, 1.807) is 6.26 Å². The van der Waals surface area contributed by atoms with Crippen LogP contribution in [-0.2, 0) is 19.5 Å². The first kappa shape index (κ1) is 18.0. The number of nitrogens with zero attached hydrogens (tertiary/aromatic N) is 1. The molecule has 5 nitrogen and oxygen atoms in total. The Hall–Kier alpha value is -2.79. The Bertz CT molecular complexity index is 853. The molecule has 1 aromatic heterocycles. The van der Waals surface area contributed by atoms with Crippen molar-refractivity contribution in [1.82, 2.24) is 15.5 Å². The van der Waals surface area contributed by atoms with E-state index >= 15 is 0 Å². The van der Waals surface area contributed by atoms with Crippen molar-refractivity contribution >= 4 is 17.0 Å². The molecule has 3 aromatic rings. The molecule has 0 fully saturated rings. The number of hydrogen-bond acceptors (Lipinski definition) is 3. The van der Waals surface area contributed by atoms with Crippen molar-refractivity contribution in [2.45, 2.75) is 19.5 Å². The lowest BCUT2D eigenvalue weighted by atomic mass is 10.1. The Morgan fingerprint density at radius 1 is 0.923 bits per heavy atom. The van der Waals surface area contributed by atoms with Crippen LogP contribution in [0, 0.1) is 0 Å². The van der Waals surface area contributed by atoms with Crippen molar-refractivity contribution in [3.8, 4) is 0 Å². The molecule has 0 saturated carbocycles. The standard InChI is InChI=1S/C21H25N3O2/c1-24(2)11-9-16-3-5-17(6-4-16)14-22-21(25)23-15-18-7-8-19-10-12-26-20(19)13-18/h3-8,10,12-13H,9,11,14-15H2,1-2H3,(H2,22,23,25). The van der Waals surface area contributed by atoms with E-state index in [9.17, 15) is 4.79 Å². The van der Waals surface area contributed by atoms with Gasteiger partial charge in [-0.2, -0.15) is 0 Å². The quantitative estimate of drug-likeness (QED) is 0.684. The third-order valence-electron chi connectivity index (χ3n) is 4.30. The van der Waals surface area contributed by atoms with Crippen LogP contribution in [0.5, 0.6) is 0 Å². The molecule has 0 radical (unpaired) electrons. The number of benzene rings is 2. The number of furan rings is 1. The van der Waals surface area contributed by atoms with Crippen molar-refractivity contribution in [2.75, 3.05) is 20.6 Å². The van der Waals surface area contributed by atoms with Gasteiger partial charge in [-0.1, -0.05) is 36.4 Å². The topological polar surface area (TPSA) is 57.5 Å². The lowest BCUT2D eigenvalue weighted by Crippen LogP contribution is -2.34. The van der Waals surface area contributed by atoms with Crippen LogP contribution in [0.3, 0.4) is 0 Å². The van der Waals surface area contributed by atoms with Gasteiger partial charge >= 0.3 is 6.03 Å². The van der Waals surface area contributed by atoms with Crippen molar-refractivity contribution in [3.63, 3.8) is 0 Å². The minimum Gasteiger partial charge on any atom is -0.464 e. The Balaban J connectivity index is 1.43. The van der Waals surface area contributed by atoms with Gasteiger partial charge in [-0.3, -0.25) is 0 Å². The summed E-state index contributed by atoms with van der Waals surface area (Å²) >= 11 is 0. The molecule has 0 aliphatic heterocycles. The average molecular weight is 351 g/mol. The summed E-state index contributed by atoms with van der Waals surface area (Å²) in [5, 5.41) is 6.82. The van der Waals surface area contributed by atoms with Gasteiger partial charge in [-0.05, 0) is 49.3 Å². The second-order valence-corrected chi connectivity index (χ2v) is 6.70. The Morgan fingerprint density at radius 2 is 1.58 bits per heavy atom. The SMILES string of the molecule is CN(C)CCc1ccc(CNC(=O)NCc2ccc3ccoc3c2)cc1. The molecule has 0 aliphatic rings. The van der Waals surface area contributed by atoms with Gasteiger partial charge in [0.1, 0.15) is 5.58 Å². The molecule has 1 heterocycles. The maximum Gasteiger partial charge on any atom is 0.315 e. The Morgan fingerprint density at radius 3 is 2.31 bits per heavy atom. The highest BCUT2D eigenvalue weighted by molar-refractivity contribution is 5.78. The molecule has 2 aromatic carbocycles. The lowest BCUT2D eigenvalue weighted by molar-refractivity contribution is 0.240. The summed E-state index contributed by atoms with van der Waals surface area (Å²) in [4.78, 5) is 14.2. The fourth-order valence-electron chi connectivity index (χ4n) is 2.71. The van der Waals surface area contributed by atoms with Gasteiger partial charge in [0.2, 0.25) is 0 Å². The zero-order chi connectivity index (χ0) is 18.4. The van der Waals surface area contributed by atoms with Gasteiger partial charge < -0.3 is 20.0 Å². The zero-order valence-corrected chi connectivity index (χ0v) is 15.3. The van der Waals surface area contributed by atoms with Crippen LogP contribution in [0.15, 0.2) is 59.2 Å². The number of rotatable bonds is 7. The van der Waals surface area contributed by atoms with E-state index in [2.05, 4.69) is 53.9 Å². The van der Waals surface area contributed by atoms with Crippen LogP contribution in [0.4, 0.5) is 4.79 Å². The molecule has 0 bridgehead atoms. The number of urea groups is 1. The highest BCUT2D eigenvalue weighted by Gasteiger charge is 2.03. The molecule has 26 heavy (non-hydrogen) atoms. The summed E-state index contributed by atoms with van der Waals surface area (Å²) in [6, 6.07) is 16.0. The second-order valence-electron chi connectivity index (χ2n) is 6.70. The van der Waals surface area contributed by atoms with E-state index in [1.165, 1.54) is 5.56 Å². The van der Waals surface area contributed by atoms with Crippen molar-refractivity contribution in [1.29, 1.82) is 0 Å². The summed E-state index contributed by atoms with van der Waals surface area (Å²) in [5.74, 6) is 0. The van der Waals surface area contributed by atoms with Crippen LogP contribution in [-0.4, -0.2) is 31.6 Å². The van der Waals surface area contributed by atoms with Gasteiger partial charge in [0, 0.05) is 25.0 Å². The van der Waals surface area contributed by atoms with Crippen LogP contribution in [0.25, 0.3) is 11.0 Å². The zero-order valence-electron chi connectivity index (χ0n) is 15.3. The Kier molecular flexibility index (Phi) is 5.92. The van der Waals surface area contributed by atoms with E-state index < -0.39 is 0 Å². The maximum absolute atomic E-state index is 12.0. The molecule has 3 rings (SSSR count). The first-order chi connectivity index (χ1) is 12.6. The number of carbonyl (C=O) groups excluding carboxylic acids is 1. The van der Waals surface area contributed by atoms with Gasteiger partial charge in [-0.25, -0.2) is 4.79 Å². The van der Waals surface area contributed by atoms with E-state index in [0.29, 0.717) is 13.1 Å². The predicted molar refractivity (Wildman–Crippen MR) is 104 cm³/mol. The number of likely N-dealkylation sites (N-methyl/N-ethyl adjacent to an activating group) is 1. The molecule has 2 N–H and O–H groups in total. The van der Waals surface area contributed by atoms with Crippen molar-refractivity contribution in [3.05, 3.63) is 71.5 Å². The number of carbonyl (C=O) groups is 1. The summed E-state index contributed by atoms with van der Waals surface area (Å²) in [7, 11) is 4.15. The minimum absolute atomic E-state index is 0.179. The third-order valence-corrected chi connectivity index (χ3v) is 4.30. The van der Waals surface area contributed by atoms with Crippen LogP contribution in [0.2, 0.25) is 0 Å². The molecular weight excluding hydrogens is 326 g/mol. The largest absolute Gasteiger partial charge is 0.464 e. The number of fused-ring (bicyclic) bond motifs is 1. The summed E-state index contributed by atoms with van der Waals surface area (Å²) < 4.78 is 5.38. The molecule has 0 atom stereocenters. The smallest absolute Gasteiger partial charge is 0.315 e. The second kappa shape index (κ2) is 8.54. The van der Waals surface area contributed by atoms with Crippen molar-refractivity contribution < 1.29 is 9.21 Å². The molecule has 0 aliphatic carbocycles. The van der Waals surface area contributed by atoms with E-state index in [4.69, 9.17) is 4.42 Å². The molecule has 0 spiro atoms. The maximum atomic E-state index is 12.0. The van der Waals surface area contributed by atoms with E-state index in [0.717, 1.165) is 35.1 Å². The van der Waals surface area contributed by atoms with Gasteiger partial charge in [0.15, 0.2) is 0 Å². The predicted octanol–water partition coefficient (Wildman–Crippen LogP) is 3.54. The van der Waals surface area contributed by atoms with Gasteiger partial charge in [-0.15, -0.1) is 0 Å². The highest BCUT2D eigenvalue weighted by atomic mass is 16.3. The molecule has 0 saturated heterocycles. The minimum atomic E-state index is -0.179. The normalized spacial score (nSPS) is 11.0. The molecule has 2 amide bonds. The van der Waals surface area contributed by atoms with Crippen LogP contribution >= 0.6 is 0 Å². The summed E-state index contributed by atoms with van der Waals surface area (Å²) in [6.07, 6.45) is 2.70. The monoisotopic (exact) mass is 351 g/mol. The fourth-order valence-corrected chi connectivity index (χ4v) is 2.71. The lowest BCUT2D eigenvalue weighted by Gasteiger charge is -2.10. The van der Waals surface area contributed by atoms with E-state index in [-0.39, 0.29) is 6.03 Å². The molecular formula is C21H25N3O2.